The van der Waals surface area contributed by atoms with E-state index < -0.39 is 5.97 Å². The quantitative estimate of drug-likeness (QED) is 0.431. The molecule has 2 aliphatic rings. The summed E-state index contributed by atoms with van der Waals surface area (Å²) in [5, 5.41) is 0. The minimum atomic E-state index is -0.517. The van der Waals surface area contributed by atoms with E-state index in [-0.39, 0.29) is 64.5 Å². The lowest BCUT2D eigenvalue weighted by atomic mass is 9.92. The average Bonchev–Trinajstić information content (AvgIpc) is 2.69. The Morgan fingerprint density at radius 3 is 2.21 bits per heavy atom. The zero-order valence-corrected chi connectivity index (χ0v) is 14.9. The number of allylic oxidation sites excluding steroid dienone is 2. The van der Waals surface area contributed by atoms with Crippen molar-refractivity contribution in [2.24, 2.45) is 5.92 Å². The van der Waals surface area contributed by atoms with Gasteiger partial charge in [0.25, 0.3) is 0 Å². The molecular formula is C18H24O5S. The molecule has 0 bridgehead atoms. The third kappa shape index (κ3) is 5.23. The second kappa shape index (κ2) is 9.06. The number of carbonyl (C=O) groups is 4. The van der Waals surface area contributed by atoms with Gasteiger partial charge in [0.2, 0.25) is 0 Å². The van der Waals surface area contributed by atoms with Crippen LogP contribution in [0.15, 0.2) is 12.2 Å². The van der Waals surface area contributed by atoms with Crippen molar-refractivity contribution in [3.63, 3.8) is 0 Å². The van der Waals surface area contributed by atoms with E-state index in [0.717, 1.165) is 30.8 Å². The summed E-state index contributed by atoms with van der Waals surface area (Å²) < 4.78 is 5.10. The molecule has 5 nitrogen and oxygen atoms in total. The van der Waals surface area contributed by atoms with Gasteiger partial charge in [-0.25, -0.2) is 4.79 Å². The lowest BCUT2D eigenvalue weighted by Gasteiger charge is -2.20. The van der Waals surface area contributed by atoms with E-state index in [2.05, 4.69) is 0 Å². The second-order valence-corrected chi connectivity index (χ2v) is 8.39. The fourth-order valence-corrected chi connectivity index (χ4v) is 5.50. The molecule has 0 spiro atoms. The summed E-state index contributed by atoms with van der Waals surface area (Å²) >= 11 is 0. The monoisotopic (exact) mass is 352 g/mol. The van der Waals surface area contributed by atoms with Crippen LogP contribution in [0.1, 0.15) is 45.4 Å². The van der Waals surface area contributed by atoms with E-state index in [1.54, 1.807) is 6.92 Å². The number of carbonyl (C=O) groups excluding carboxylic acids is 4. The number of hydrogen-bond donors (Lipinski definition) is 0. The number of ketones is 3. The molecule has 0 atom stereocenters. The summed E-state index contributed by atoms with van der Waals surface area (Å²) in [7, 11) is -0.363. The van der Waals surface area contributed by atoms with Gasteiger partial charge < -0.3 is 4.74 Å². The molecule has 0 aromatic heterocycles. The molecule has 0 N–H and O–H groups in total. The van der Waals surface area contributed by atoms with Crippen molar-refractivity contribution in [2.45, 2.75) is 45.4 Å². The van der Waals surface area contributed by atoms with Crippen LogP contribution in [-0.4, -0.2) is 46.3 Å². The van der Waals surface area contributed by atoms with E-state index >= 15 is 0 Å². The van der Waals surface area contributed by atoms with Crippen LogP contribution in [0.4, 0.5) is 0 Å². The molecule has 1 aliphatic carbocycles. The smallest absolute Gasteiger partial charge is 0.347 e. The van der Waals surface area contributed by atoms with Gasteiger partial charge in [0, 0.05) is 19.3 Å². The Bertz CT molecular complexity index is 575. The maximum Gasteiger partial charge on any atom is 0.347 e. The Balaban J connectivity index is 2.17. The summed E-state index contributed by atoms with van der Waals surface area (Å²) in [6.45, 7) is 1.95. The number of Topliss-reactive ketones (excluding diaryl/α,β-unsaturated/α-hetero) is 1. The first-order chi connectivity index (χ1) is 11.5. The van der Waals surface area contributed by atoms with Crippen molar-refractivity contribution in [2.75, 3.05) is 18.1 Å². The predicted octanol–water partition coefficient (Wildman–Crippen LogP) is 2.24. The maximum atomic E-state index is 12.8. The van der Waals surface area contributed by atoms with E-state index in [1.165, 1.54) is 12.2 Å². The highest BCUT2D eigenvalue weighted by molar-refractivity contribution is 8.18. The largest absolute Gasteiger partial charge is 0.462 e. The average molecular weight is 352 g/mol. The van der Waals surface area contributed by atoms with Gasteiger partial charge >= 0.3 is 5.97 Å². The molecule has 1 aliphatic heterocycles. The molecule has 0 aromatic carbocycles. The molecule has 0 unspecified atom stereocenters. The van der Waals surface area contributed by atoms with Gasteiger partial charge in [-0.3, -0.25) is 14.4 Å². The minimum absolute atomic E-state index is 0.0663. The van der Waals surface area contributed by atoms with Crippen molar-refractivity contribution in [1.29, 1.82) is 0 Å². The van der Waals surface area contributed by atoms with Crippen LogP contribution in [-0.2, 0) is 23.9 Å². The van der Waals surface area contributed by atoms with Crippen LogP contribution in [0, 0.1) is 5.92 Å². The van der Waals surface area contributed by atoms with Gasteiger partial charge in [-0.2, -0.15) is 10.5 Å². The van der Waals surface area contributed by atoms with Crippen LogP contribution < -0.4 is 0 Å². The van der Waals surface area contributed by atoms with Crippen molar-refractivity contribution < 1.29 is 23.9 Å². The lowest BCUT2D eigenvalue weighted by molar-refractivity contribution is -0.135. The molecule has 1 heterocycles. The highest BCUT2D eigenvalue weighted by atomic mass is 32.2. The number of hydrogen-bond acceptors (Lipinski definition) is 5. The van der Waals surface area contributed by atoms with Crippen LogP contribution in [0.2, 0.25) is 0 Å². The first kappa shape index (κ1) is 18.8. The summed E-state index contributed by atoms with van der Waals surface area (Å²) in [6, 6.07) is 0. The molecule has 132 valence electrons. The minimum Gasteiger partial charge on any atom is -0.462 e. The van der Waals surface area contributed by atoms with Gasteiger partial charge in [-0.05, 0) is 49.3 Å². The van der Waals surface area contributed by atoms with Crippen molar-refractivity contribution >= 4 is 38.7 Å². The van der Waals surface area contributed by atoms with Crippen LogP contribution in [0.25, 0.3) is 0 Å². The van der Waals surface area contributed by atoms with E-state index in [9.17, 15) is 19.2 Å². The van der Waals surface area contributed by atoms with E-state index in [4.69, 9.17) is 4.74 Å². The molecule has 2 rings (SSSR count). The van der Waals surface area contributed by atoms with Crippen LogP contribution in [0.3, 0.4) is 0 Å². The van der Waals surface area contributed by atoms with Crippen LogP contribution in [0.5, 0.6) is 0 Å². The second-order valence-electron chi connectivity index (χ2n) is 6.18. The summed E-state index contributed by atoms with van der Waals surface area (Å²) in [6.07, 6.45) is 6.15. The van der Waals surface area contributed by atoms with Gasteiger partial charge in [0.05, 0.1) is 6.61 Å². The van der Waals surface area contributed by atoms with Crippen molar-refractivity contribution in [1.82, 2.24) is 0 Å². The molecule has 0 aromatic rings. The van der Waals surface area contributed by atoms with E-state index in [1.807, 2.05) is 0 Å². The molecule has 6 heteroatoms. The zero-order valence-electron chi connectivity index (χ0n) is 14.0. The molecule has 24 heavy (non-hydrogen) atoms. The Labute approximate surface area is 144 Å². The van der Waals surface area contributed by atoms with Gasteiger partial charge in [0.15, 0.2) is 17.3 Å². The molecule has 1 fully saturated rings. The normalized spacial score (nSPS) is 19.9. The Hall–Kier alpha value is -1.56. The number of rotatable bonds is 5. The van der Waals surface area contributed by atoms with Gasteiger partial charge in [0.1, 0.15) is 4.86 Å². The fraction of sp³-hybridized carbons (Fsp3) is 0.611. The SMILES string of the molecule is CCOC(=O)C(C(=O)CC1CC(=O)C=CC(=O)C1)=S1CCCCC1. The highest BCUT2D eigenvalue weighted by Crippen LogP contribution is 2.28. The first-order valence-corrected chi connectivity index (χ1v) is 10.1. The Morgan fingerprint density at radius 1 is 1.08 bits per heavy atom. The number of ether oxygens (including phenoxy) is 1. The Kier molecular flexibility index (Phi) is 7.09. The molecular weight excluding hydrogens is 328 g/mol. The zero-order chi connectivity index (χ0) is 17.5. The van der Waals surface area contributed by atoms with Crippen molar-refractivity contribution in [3.8, 4) is 0 Å². The third-order valence-corrected chi connectivity index (χ3v) is 6.73. The van der Waals surface area contributed by atoms with E-state index in [0.29, 0.717) is 0 Å². The predicted molar refractivity (Wildman–Crippen MR) is 94.3 cm³/mol. The topological polar surface area (TPSA) is 77.5 Å². The molecule has 0 saturated carbocycles. The molecule has 0 radical (unpaired) electrons. The van der Waals surface area contributed by atoms with Gasteiger partial charge in [-0.15, -0.1) is 0 Å². The molecule has 0 amide bonds. The Morgan fingerprint density at radius 2 is 1.67 bits per heavy atom. The first-order valence-electron chi connectivity index (χ1n) is 8.49. The highest BCUT2D eigenvalue weighted by Gasteiger charge is 2.29. The molecule has 1 saturated heterocycles. The van der Waals surface area contributed by atoms with Gasteiger partial charge in [-0.1, -0.05) is 6.42 Å². The summed E-state index contributed by atoms with van der Waals surface area (Å²) in [5.74, 6) is 0.329. The summed E-state index contributed by atoms with van der Waals surface area (Å²) in [5.41, 5.74) is 0. The van der Waals surface area contributed by atoms with Crippen LogP contribution >= 0.6 is 10.5 Å². The maximum absolute atomic E-state index is 12.8. The fourth-order valence-electron chi connectivity index (χ4n) is 3.09. The standard InChI is InChI=1S/C18H24O5S/c1-2-23-18(22)17(24-8-4-3-5-9-24)16(21)12-13-10-14(19)6-7-15(20)11-13/h6-7,13H,2-5,8-12H2,1H3. The lowest BCUT2D eigenvalue weighted by Crippen LogP contribution is -2.30. The van der Waals surface area contributed by atoms with Crippen molar-refractivity contribution in [3.05, 3.63) is 12.2 Å². The third-order valence-electron chi connectivity index (χ3n) is 4.19. The number of esters is 1. The summed E-state index contributed by atoms with van der Waals surface area (Å²) in [4.78, 5) is 48.7.